The Morgan fingerprint density at radius 2 is 1.54 bits per heavy atom. The van der Waals surface area contributed by atoms with Gasteiger partial charge in [-0.1, -0.05) is 48.5 Å². The lowest BCUT2D eigenvalue weighted by Crippen LogP contribution is -2.51. The maximum Gasteiger partial charge on any atom is 0.254 e. The fourth-order valence-corrected chi connectivity index (χ4v) is 3.47. The molecule has 0 aliphatic carbocycles. The molecule has 0 radical (unpaired) electrons. The number of benzene rings is 3. The number of primary amides is 1. The summed E-state index contributed by atoms with van der Waals surface area (Å²) in [5.41, 5.74) is 8.15. The molecule has 1 heterocycles. The third-order valence-corrected chi connectivity index (χ3v) is 4.90. The first-order valence-electron chi connectivity index (χ1n) is 9.12. The molecule has 2 N–H and O–H groups in total. The van der Waals surface area contributed by atoms with E-state index in [1.54, 1.807) is 29.2 Å². The minimum absolute atomic E-state index is 0.239. The van der Waals surface area contributed by atoms with Gasteiger partial charge in [-0.15, -0.1) is 0 Å². The van der Waals surface area contributed by atoms with Crippen molar-refractivity contribution >= 4 is 11.8 Å². The molecule has 140 valence electrons. The number of carbonyl (C=O) groups is 2. The smallest absolute Gasteiger partial charge is 0.254 e. The van der Waals surface area contributed by atoms with Gasteiger partial charge in [0.15, 0.2) is 0 Å². The molecule has 28 heavy (non-hydrogen) atoms. The van der Waals surface area contributed by atoms with E-state index in [9.17, 15) is 9.59 Å². The SMILES string of the molecule is NC(=O)[C@H]1Cc2ccccc2CN1C(=O)c1cccc(Oc2ccccc2)c1. The minimum atomic E-state index is -0.666. The lowest BCUT2D eigenvalue weighted by atomic mass is 9.93. The molecule has 3 aromatic carbocycles. The summed E-state index contributed by atoms with van der Waals surface area (Å²) in [6.07, 6.45) is 0.428. The molecule has 4 rings (SSSR count). The Kier molecular flexibility index (Phi) is 4.81. The van der Waals surface area contributed by atoms with Gasteiger partial charge in [-0.2, -0.15) is 0 Å². The first-order valence-corrected chi connectivity index (χ1v) is 9.12. The van der Waals surface area contributed by atoms with E-state index in [0.717, 1.165) is 11.1 Å². The van der Waals surface area contributed by atoms with Gasteiger partial charge in [0.25, 0.3) is 5.91 Å². The van der Waals surface area contributed by atoms with E-state index in [4.69, 9.17) is 10.5 Å². The first kappa shape index (κ1) is 17.8. The highest BCUT2D eigenvalue weighted by Crippen LogP contribution is 2.27. The van der Waals surface area contributed by atoms with Crippen LogP contribution in [0.15, 0.2) is 78.9 Å². The molecule has 1 aliphatic heterocycles. The van der Waals surface area contributed by atoms with Crippen molar-refractivity contribution in [1.82, 2.24) is 4.90 Å². The summed E-state index contributed by atoms with van der Waals surface area (Å²) in [5.74, 6) is 0.510. The van der Waals surface area contributed by atoms with E-state index in [1.807, 2.05) is 54.6 Å². The van der Waals surface area contributed by atoms with Crippen LogP contribution in [0.25, 0.3) is 0 Å². The van der Waals surface area contributed by atoms with Crippen molar-refractivity contribution < 1.29 is 14.3 Å². The van der Waals surface area contributed by atoms with Crippen molar-refractivity contribution in [3.63, 3.8) is 0 Å². The van der Waals surface area contributed by atoms with E-state index in [2.05, 4.69) is 0 Å². The Balaban J connectivity index is 1.61. The third-order valence-electron chi connectivity index (χ3n) is 4.90. The van der Waals surface area contributed by atoms with Crippen LogP contribution in [0.1, 0.15) is 21.5 Å². The zero-order chi connectivity index (χ0) is 19.5. The second-order valence-corrected chi connectivity index (χ2v) is 6.77. The molecule has 0 saturated heterocycles. The standard InChI is InChI=1S/C23H20N2O3/c24-22(26)21-14-16-7-4-5-8-18(16)15-25(21)23(27)17-9-6-12-20(13-17)28-19-10-2-1-3-11-19/h1-13,21H,14-15H2,(H2,24,26)/t21-/m1/s1. The number of para-hydroxylation sites is 1. The van der Waals surface area contributed by atoms with Crippen LogP contribution in [0.4, 0.5) is 0 Å². The lowest BCUT2D eigenvalue weighted by Gasteiger charge is -2.35. The van der Waals surface area contributed by atoms with Gasteiger partial charge >= 0.3 is 0 Å². The number of nitrogens with two attached hydrogens (primary N) is 1. The van der Waals surface area contributed by atoms with Crippen LogP contribution in [0.3, 0.4) is 0 Å². The van der Waals surface area contributed by atoms with Crippen LogP contribution >= 0.6 is 0 Å². The minimum Gasteiger partial charge on any atom is -0.457 e. The topological polar surface area (TPSA) is 72.6 Å². The fraction of sp³-hybridized carbons (Fsp3) is 0.130. The zero-order valence-electron chi connectivity index (χ0n) is 15.2. The van der Waals surface area contributed by atoms with Gasteiger partial charge < -0.3 is 15.4 Å². The highest BCUT2D eigenvalue weighted by Gasteiger charge is 2.33. The van der Waals surface area contributed by atoms with Gasteiger partial charge in [0.1, 0.15) is 17.5 Å². The van der Waals surface area contributed by atoms with Crippen LogP contribution in [0.2, 0.25) is 0 Å². The summed E-state index contributed by atoms with van der Waals surface area (Å²) in [7, 11) is 0. The van der Waals surface area contributed by atoms with Crippen molar-refractivity contribution in [3.8, 4) is 11.5 Å². The summed E-state index contributed by atoms with van der Waals surface area (Å²) in [6.45, 7) is 0.354. The van der Waals surface area contributed by atoms with Gasteiger partial charge in [0.05, 0.1) is 0 Å². The van der Waals surface area contributed by atoms with Crippen LogP contribution in [-0.2, 0) is 17.8 Å². The molecule has 3 aromatic rings. The van der Waals surface area contributed by atoms with Crippen molar-refractivity contribution in [2.24, 2.45) is 5.73 Å². The number of hydrogen-bond donors (Lipinski definition) is 1. The summed E-state index contributed by atoms with van der Waals surface area (Å²) >= 11 is 0. The molecule has 2 amide bonds. The molecule has 0 aromatic heterocycles. The maximum absolute atomic E-state index is 13.2. The average molecular weight is 372 g/mol. The van der Waals surface area contributed by atoms with Crippen LogP contribution in [0, 0.1) is 0 Å². The zero-order valence-corrected chi connectivity index (χ0v) is 15.2. The van der Waals surface area contributed by atoms with E-state index in [-0.39, 0.29) is 5.91 Å². The molecule has 1 aliphatic rings. The van der Waals surface area contributed by atoms with E-state index >= 15 is 0 Å². The van der Waals surface area contributed by atoms with Crippen molar-refractivity contribution in [2.45, 2.75) is 19.0 Å². The third kappa shape index (κ3) is 3.60. The maximum atomic E-state index is 13.2. The summed E-state index contributed by atoms with van der Waals surface area (Å²) < 4.78 is 5.82. The second kappa shape index (κ2) is 7.56. The van der Waals surface area contributed by atoms with Crippen LogP contribution in [-0.4, -0.2) is 22.8 Å². The monoisotopic (exact) mass is 372 g/mol. The number of nitrogens with zero attached hydrogens (tertiary/aromatic N) is 1. The van der Waals surface area contributed by atoms with Gasteiger partial charge in [-0.05, 0) is 41.5 Å². The molecule has 0 bridgehead atoms. The molecular weight excluding hydrogens is 352 g/mol. The Hall–Kier alpha value is -3.60. The normalized spacial score (nSPS) is 15.6. The van der Waals surface area contributed by atoms with E-state index < -0.39 is 11.9 Å². The molecule has 5 nitrogen and oxygen atoms in total. The number of rotatable bonds is 4. The highest BCUT2D eigenvalue weighted by atomic mass is 16.5. The fourth-order valence-electron chi connectivity index (χ4n) is 3.47. The average Bonchev–Trinajstić information content (AvgIpc) is 2.73. The Morgan fingerprint density at radius 1 is 0.857 bits per heavy atom. The van der Waals surface area contributed by atoms with Crippen molar-refractivity contribution in [1.29, 1.82) is 0 Å². The van der Waals surface area contributed by atoms with Gasteiger partial charge in [0, 0.05) is 18.5 Å². The summed E-state index contributed by atoms with van der Waals surface area (Å²) in [6, 6.07) is 23.5. The number of ether oxygens (including phenoxy) is 1. The molecular formula is C23H20N2O3. The lowest BCUT2D eigenvalue weighted by molar-refractivity contribution is -0.122. The number of amides is 2. The molecule has 0 fully saturated rings. The van der Waals surface area contributed by atoms with Gasteiger partial charge in [-0.3, -0.25) is 9.59 Å². The number of fused-ring (bicyclic) bond motifs is 1. The quantitative estimate of drug-likeness (QED) is 0.761. The predicted molar refractivity (Wildman–Crippen MR) is 106 cm³/mol. The van der Waals surface area contributed by atoms with Gasteiger partial charge in [0.2, 0.25) is 5.91 Å². The first-order chi connectivity index (χ1) is 13.6. The van der Waals surface area contributed by atoms with Crippen molar-refractivity contribution in [2.75, 3.05) is 0 Å². The van der Waals surface area contributed by atoms with Crippen molar-refractivity contribution in [3.05, 3.63) is 95.6 Å². The molecule has 5 heteroatoms. The Morgan fingerprint density at radius 3 is 2.29 bits per heavy atom. The number of carbonyl (C=O) groups excluding carboxylic acids is 2. The molecule has 0 saturated carbocycles. The Bertz CT molecular complexity index is 1020. The predicted octanol–water partition coefficient (Wildman–Crippen LogP) is 3.53. The van der Waals surface area contributed by atoms with E-state index in [0.29, 0.717) is 30.0 Å². The Labute approximate surface area is 163 Å². The molecule has 0 unspecified atom stereocenters. The van der Waals surface area contributed by atoms with Crippen LogP contribution in [0.5, 0.6) is 11.5 Å². The molecule has 0 spiro atoms. The summed E-state index contributed by atoms with van der Waals surface area (Å²) in [4.78, 5) is 26.8. The summed E-state index contributed by atoms with van der Waals surface area (Å²) in [5, 5.41) is 0. The van der Waals surface area contributed by atoms with Gasteiger partial charge in [-0.25, -0.2) is 0 Å². The molecule has 1 atom stereocenters. The second-order valence-electron chi connectivity index (χ2n) is 6.77. The number of hydrogen-bond acceptors (Lipinski definition) is 3. The van der Waals surface area contributed by atoms with Crippen LogP contribution < -0.4 is 10.5 Å². The highest BCUT2D eigenvalue weighted by molar-refractivity contribution is 5.98. The van der Waals surface area contributed by atoms with E-state index in [1.165, 1.54) is 0 Å². The largest absolute Gasteiger partial charge is 0.457 e.